The number of hydrogen-bond donors (Lipinski definition) is 1. The highest BCUT2D eigenvalue weighted by Crippen LogP contribution is 2.38. The largest absolute Gasteiger partial charge is 0.756 e. The molecule has 0 spiro atoms. The van der Waals surface area contributed by atoms with Gasteiger partial charge in [0, 0.05) is 12.8 Å². The lowest BCUT2D eigenvalue weighted by atomic mass is 10.0. The Hall–Kier alpha value is -2.81. The molecule has 0 saturated heterocycles. The van der Waals surface area contributed by atoms with E-state index < -0.39 is 20.0 Å². The molecule has 1 N–H and O–H groups in total. The van der Waals surface area contributed by atoms with E-state index >= 15 is 0 Å². The van der Waals surface area contributed by atoms with E-state index in [0.717, 1.165) is 89.9 Å². The minimum Gasteiger partial charge on any atom is -0.756 e. The monoisotopic (exact) mass is 1290 g/mol. The molecule has 0 aliphatic rings. The van der Waals surface area contributed by atoms with Crippen LogP contribution in [0.1, 0.15) is 367 Å². The third-order valence-corrected chi connectivity index (χ3v) is 18.3. The molecule has 0 fully saturated rings. The predicted octanol–water partition coefficient (Wildman–Crippen LogP) is 24.6. The van der Waals surface area contributed by atoms with Crippen molar-refractivity contribution in [3.8, 4) is 0 Å². The highest BCUT2D eigenvalue weighted by atomic mass is 31.2. The van der Waals surface area contributed by atoms with Gasteiger partial charge in [0.05, 0.1) is 33.8 Å². The van der Waals surface area contributed by atoms with Crippen LogP contribution in [0.15, 0.2) is 85.1 Å². The van der Waals surface area contributed by atoms with Crippen LogP contribution in [0.3, 0.4) is 0 Å². The number of phosphoric ester groups is 1. The lowest BCUT2D eigenvalue weighted by Crippen LogP contribution is -2.47. The third-order valence-electron chi connectivity index (χ3n) is 17.3. The van der Waals surface area contributed by atoms with Crippen molar-refractivity contribution in [2.24, 2.45) is 0 Å². The maximum absolute atomic E-state index is 13.6. The minimum absolute atomic E-state index is 0.0236. The molecule has 0 saturated carbocycles. The first-order valence-corrected chi connectivity index (χ1v) is 40.4. The molecule has 3 atom stereocenters. The predicted molar refractivity (Wildman–Crippen MR) is 395 cm³/mol. The van der Waals surface area contributed by atoms with E-state index in [9.17, 15) is 19.0 Å². The second-order valence-electron chi connectivity index (χ2n) is 27.5. The van der Waals surface area contributed by atoms with Crippen molar-refractivity contribution < 1.29 is 37.3 Å². The summed E-state index contributed by atoms with van der Waals surface area (Å²) in [6, 6.07) is -0.893. The molecule has 1 amide bonds. The Morgan fingerprint density at radius 2 is 0.703 bits per heavy atom. The summed E-state index contributed by atoms with van der Waals surface area (Å²) in [6.07, 6.45) is 94.4. The highest BCUT2D eigenvalue weighted by Gasteiger charge is 2.27. The van der Waals surface area contributed by atoms with Gasteiger partial charge < -0.3 is 28.5 Å². The molecular formula is C81H149N2O7P. The second-order valence-corrected chi connectivity index (χ2v) is 28.9. The molecule has 3 unspecified atom stereocenters. The smallest absolute Gasteiger partial charge is 0.306 e. The van der Waals surface area contributed by atoms with Crippen LogP contribution in [0.2, 0.25) is 0 Å². The van der Waals surface area contributed by atoms with E-state index in [1.165, 1.54) is 244 Å². The molecular weight excluding hydrogens is 1140 g/mol. The first-order chi connectivity index (χ1) is 44.4. The average molecular weight is 1290 g/mol. The molecule has 0 aliphatic heterocycles. The van der Waals surface area contributed by atoms with Crippen LogP contribution in [0.4, 0.5) is 0 Å². The van der Waals surface area contributed by atoms with Crippen molar-refractivity contribution in [1.82, 2.24) is 5.32 Å². The van der Waals surface area contributed by atoms with Crippen molar-refractivity contribution >= 4 is 19.7 Å². The van der Waals surface area contributed by atoms with Gasteiger partial charge in [-0.25, -0.2) is 0 Å². The van der Waals surface area contributed by atoms with Gasteiger partial charge in [-0.1, -0.05) is 337 Å². The second kappa shape index (κ2) is 70.0. The number of nitrogens with one attached hydrogen (secondary N) is 1. The summed E-state index contributed by atoms with van der Waals surface area (Å²) in [6.45, 7) is 6.77. The fourth-order valence-electron chi connectivity index (χ4n) is 11.4. The van der Waals surface area contributed by atoms with E-state index in [1.54, 1.807) is 0 Å². The molecule has 10 heteroatoms. The van der Waals surface area contributed by atoms with Crippen LogP contribution in [0.5, 0.6) is 0 Å². The maximum Gasteiger partial charge on any atom is 0.306 e. The number of likely N-dealkylation sites (N-methyl/N-ethyl adjacent to an activating group) is 1. The zero-order chi connectivity index (χ0) is 66.3. The lowest BCUT2D eigenvalue weighted by molar-refractivity contribution is -0.870. The molecule has 0 bridgehead atoms. The number of nitrogens with zero attached hydrogens (tertiary/aromatic N) is 1. The number of rotatable bonds is 71. The summed E-state index contributed by atoms with van der Waals surface area (Å²) >= 11 is 0. The van der Waals surface area contributed by atoms with Gasteiger partial charge in [0.25, 0.3) is 7.82 Å². The van der Waals surface area contributed by atoms with Gasteiger partial charge in [0.15, 0.2) is 0 Å². The Labute approximate surface area is 565 Å². The number of amides is 1. The van der Waals surface area contributed by atoms with Crippen molar-refractivity contribution in [3.05, 3.63) is 85.1 Å². The zero-order valence-corrected chi connectivity index (χ0v) is 61.7. The number of allylic oxidation sites excluding steroid dienone is 13. The molecule has 0 aromatic heterocycles. The molecule has 0 heterocycles. The van der Waals surface area contributed by atoms with Gasteiger partial charge in [-0.15, -0.1) is 0 Å². The number of phosphoric acid groups is 1. The first kappa shape index (κ1) is 88.2. The number of ether oxygens (including phenoxy) is 1. The summed E-state index contributed by atoms with van der Waals surface area (Å²) in [5.41, 5.74) is 0. The SMILES string of the molecule is CC/C=C\C/C=C\C/C=C\C/C=C\C/C=C\CCCCCCCCCCCCCC(=O)OC(/C=C/CCCCCCCCCCC)C(COP(=O)([O-])OCC[N+](C)(C)C)NC(=O)CCCCCCCCCCCCCCCCCCC/C=C/CCCCCCCC. The van der Waals surface area contributed by atoms with Crippen LogP contribution in [-0.2, 0) is 27.9 Å². The van der Waals surface area contributed by atoms with Crippen LogP contribution >= 0.6 is 7.82 Å². The number of carbonyl (C=O) groups excluding carboxylic acids is 2. The van der Waals surface area contributed by atoms with Crippen LogP contribution in [0, 0.1) is 0 Å². The van der Waals surface area contributed by atoms with E-state index in [-0.39, 0.29) is 31.5 Å². The third kappa shape index (κ3) is 71.3. The van der Waals surface area contributed by atoms with Gasteiger partial charge in [0.1, 0.15) is 19.3 Å². The standard InChI is InChI=1S/C81H149N2O7P/c1-7-10-13-16-19-22-25-27-29-31-33-35-37-39-41-43-45-47-49-51-53-55-58-61-64-67-70-73-80(84)82-78(77-89-91(86,87)88-76-75-83(4,5)6)79(72-69-66-63-60-57-24-21-18-15-12-9-3)90-81(85)74-71-68-65-62-59-56-54-52-50-48-46-44-42-40-38-36-34-32-30-28-26-23-20-17-14-11-8-2/h11,14,20,23,27-30,34,36,40,42,69,72,78-79H,7-10,12-13,15-19,21-22,24-26,31-33,35,37-39,41,43-68,70-71,73-77H2,1-6H3,(H-,82,84,86,87)/b14-11-,23-20-,29-27+,30-28-,36-34-,42-40-,72-69+. The Kier molecular flexibility index (Phi) is 67.8. The van der Waals surface area contributed by atoms with Crippen LogP contribution in [0.25, 0.3) is 0 Å². The van der Waals surface area contributed by atoms with Gasteiger partial charge >= 0.3 is 5.97 Å². The summed E-state index contributed by atoms with van der Waals surface area (Å²) in [5.74, 6) is -0.532. The molecule has 91 heavy (non-hydrogen) atoms. The van der Waals surface area contributed by atoms with Crippen molar-refractivity contribution in [3.63, 3.8) is 0 Å². The van der Waals surface area contributed by atoms with Crippen LogP contribution in [-0.4, -0.2) is 69.4 Å². The Morgan fingerprint density at radius 1 is 0.396 bits per heavy atom. The number of carbonyl (C=O) groups is 2. The Balaban J connectivity index is 4.89. The number of unbranched alkanes of at least 4 members (excludes halogenated alkanes) is 43. The Bertz CT molecular complexity index is 1830. The fourth-order valence-corrected chi connectivity index (χ4v) is 12.1. The molecule has 0 aliphatic carbocycles. The number of esters is 1. The number of quaternary nitrogens is 1. The van der Waals surface area contributed by atoms with Crippen molar-refractivity contribution in [1.29, 1.82) is 0 Å². The maximum atomic E-state index is 13.6. The van der Waals surface area contributed by atoms with Crippen molar-refractivity contribution in [2.75, 3.05) is 40.9 Å². The highest BCUT2D eigenvalue weighted by molar-refractivity contribution is 7.45. The molecule has 0 aromatic carbocycles. The van der Waals surface area contributed by atoms with E-state index in [1.807, 2.05) is 33.3 Å². The summed E-state index contributed by atoms with van der Waals surface area (Å²) in [4.78, 5) is 40.3. The van der Waals surface area contributed by atoms with E-state index in [4.69, 9.17) is 13.8 Å². The van der Waals surface area contributed by atoms with Gasteiger partial charge in [0.2, 0.25) is 5.91 Å². The van der Waals surface area contributed by atoms with E-state index in [2.05, 4.69) is 99.0 Å². The minimum atomic E-state index is -4.71. The number of hydrogen-bond acceptors (Lipinski definition) is 7. The average Bonchev–Trinajstić information content (AvgIpc) is 3.03. The summed E-state index contributed by atoms with van der Waals surface area (Å²) in [7, 11) is 1.19. The lowest BCUT2D eigenvalue weighted by Gasteiger charge is -2.30. The van der Waals surface area contributed by atoms with E-state index in [0.29, 0.717) is 17.4 Å². The molecule has 530 valence electrons. The summed E-state index contributed by atoms with van der Waals surface area (Å²) < 4.78 is 30.5. The summed E-state index contributed by atoms with van der Waals surface area (Å²) in [5, 5.41) is 3.05. The molecule has 0 aromatic rings. The molecule has 9 nitrogen and oxygen atoms in total. The van der Waals surface area contributed by atoms with Gasteiger partial charge in [-0.05, 0) is 102 Å². The zero-order valence-electron chi connectivity index (χ0n) is 60.8. The first-order valence-electron chi connectivity index (χ1n) is 38.9. The Morgan fingerprint density at radius 3 is 1.07 bits per heavy atom. The van der Waals surface area contributed by atoms with Gasteiger partial charge in [-0.2, -0.15) is 0 Å². The quantitative estimate of drug-likeness (QED) is 0.0212. The van der Waals surface area contributed by atoms with Crippen LogP contribution < -0.4 is 10.2 Å². The molecule has 0 radical (unpaired) electrons. The fraction of sp³-hybridized carbons (Fsp3) is 0.802. The normalized spacial score (nSPS) is 13.9. The topological polar surface area (TPSA) is 114 Å². The molecule has 0 rings (SSSR count). The van der Waals surface area contributed by atoms with Crippen molar-refractivity contribution in [2.45, 2.75) is 380 Å². The van der Waals surface area contributed by atoms with Gasteiger partial charge in [-0.3, -0.25) is 14.2 Å².